The molecule has 0 aliphatic carbocycles. The minimum absolute atomic E-state index is 0.0157. The zero-order valence-corrected chi connectivity index (χ0v) is 42.9. The Kier molecular flexibility index (Phi) is 50.1. The van der Waals surface area contributed by atoms with Gasteiger partial charge in [-0.3, -0.25) is 9.59 Å². The van der Waals surface area contributed by atoms with Crippen molar-refractivity contribution >= 4 is 11.9 Å². The van der Waals surface area contributed by atoms with Gasteiger partial charge in [-0.15, -0.1) is 0 Å². The maximum absolute atomic E-state index is 13.2. The highest BCUT2D eigenvalue weighted by Crippen LogP contribution is 2.17. The summed E-state index contributed by atoms with van der Waals surface area (Å²) in [6.07, 6.45) is 66.9. The van der Waals surface area contributed by atoms with Crippen molar-refractivity contribution in [1.29, 1.82) is 0 Å². The molecule has 1 amide bonds. The maximum Gasteiger partial charge on any atom is 0.306 e. The summed E-state index contributed by atoms with van der Waals surface area (Å²) < 4.78 is 5.88. The summed E-state index contributed by atoms with van der Waals surface area (Å²) in [5.74, 6) is -0.607. The zero-order valence-electron chi connectivity index (χ0n) is 42.9. The standard InChI is InChI=1S/C59H105NO5/c1-4-7-10-13-16-19-22-25-27-29-30-33-35-38-41-44-47-50-55(65-59(64)52-49-46-43-40-37-32-24-21-18-15-12-9-6-3)53-58(63)60-56(54-61)57(62)51-48-45-42-39-36-34-31-28-26-23-20-17-14-11-8-5-2/h16,19,25,27,30,32-33,37-38,41,43,46,55-57,61-62H,4-15,17-18,20-24,26,28-29,31,34-36,39-40,42,44-45,47-54H2,1-3H3,(H,60,63)/b19-16-,27-25-,33-30-,37-32-,41-38-,46-43+. The highest BCUT2D eigenvalue weighted by Gasteiger charge is 2.24. The van der Waals surface area contributed by atoms with E-state index in [9.17, 15) is 19.8 Å². The lowest BCUT2D eigenvalue weighted by Crippen LogP contribution is -2.46. The maximum atomic E-state index is 13.2. The van der Waals surface area contributed by atoms with E-state index in [0.717, 1.165) is 64.2 Å². The molecule has 376 valence electrons. The second-order valence-electron chi connectivity index (χ2n) is 18.6. The van der Waals surface area contributed by atoms with Crippen molar-refractivity contribution < 1.29 is 24.5 Å². The number of carbonyl (C=O) groups is 2. The van der Waals surface area contributed by atoms with Gasteiger partial charge < -0.3 is 20.3 Å². The largest absolute Gasteiger partial charge is 0.462 e. The molecule has 0 saturated heterocycles. The molecule has 0 aromatic heterocycles. The van der Waals surface area contributed by atoms with Gasteiger partial charge in [0, 0.05) is 6.42 Å². The van der Waals surface area contributed by atoms with E-state index in [2.05, 4.69) is 92.9 Å². The van der Waals surface area contributed by atoms with Gasteiger partial charge in [-0.2, -0.15) is 0 Å². The highest BCUT2D eigenvalue weighted by molar-refractivity contribution is 5.77. The molecular weight excluding hydrogens is 803 g/mol. The quantitative estimate of drug-likeness (QED) is 0.0321. The number of esters is 1. The van der Waals surface area contributed by atoms with Crippen LogP contribution in [0, 0.1) is 0 Å². The smallest absolute Gasteiger partial charge is 0.306 e. The Bertz CT molecular complexity index is 1200. The molecule has 0 saturated carbocycles. The van der Waals surface area contributed by atoms with Crippen LogP contribution in [0.5, 0.6) is 0 Å². The van der Waals surface area contributed by atoms with Gasteiger partial charge >= 0.3 is 5.97 Å². The number of amides is 1. The van der Waals surface area contributed by atoms with Gasteiger partial charge in [-0.25, -0.2) is 0 Å². The van der Waals surface area contributed by atoms with Crippen molar-refractivity contribution in [1.82, 2.24) is 5.32 Å². The van der Waals surface area contributed by atoms with E-state index in [4.69, 9.17) is 4.74 Å². The number of nitrogens with one attached hydrogen (secondary N) is 1. The van der Waals surface area contributed by atoms with Crippen LogP contribution in [-0.4, -0.2) is 46.9 Å². The first-order chi connectivity index (χ1) is 32.0. The summed E-state index contributed by atoms with van der Waals surface area (Å²) in [4.78, 5) is 26.1. The topological polar surface area (TPSA) is 95.9 Å². The fraction of sp³-hybridized carbons (Fsp3) is 0.763. The lowest BCUT2D eigenvalue weighted by atomic mass is 10.0. The van der Waals surface area contributed by atoms with Gasteiger partial charge in [-0.05, 0) is 83.5 Å². The van der Waals surface area contributed by atoms with E-state index < -0.39 is 18.2 Å². The number of carbonyl (C=O) groups excluding carboxylic acids is 2. The number of aliphatic hydroxyl groups is 2. The van der Waals surface area contributed by atoms with Crippen LogP contribution in [0.25, 0.3) is 0 Å². The number of hydrogen-bond donors (Lipinski definition) is 3. The van der Waals surface area contributed by atoms with Gasteiger partial charge in [0.1, 0.15) is 6.10 Å². The Balaban J connectivity index is 4.71. The second-order valence-corrected chi connectivity index (χ2v) is 18.6. The third-order valence-electron chi connectivity index (χ3n) is 12.3. The molecule has 0 spiro atoms. The van der Waals surface area contributed by atoms with Crippen molar-refractivity contribution in [2.75, 3.05) is 6.61 Å². The summed E-state index contributed by atoms with van der Waals surface area (Å²) in [7, 11) is 0. The number of rotatable bonds is 49. The summed E-state index contributed by atoms with van der Waals surface area (Å²) in [6, 6.07) is -0.733. The molecular formula is C59H105NO5. The van der Waals surface area contributed by atoms with E-state index in [1.807, 2.05) is 6.08 Å². The molecule has 0 heterocycles. The van der Waals surface area contributed by atoms with Crippen LogP contribution in [0.1, 0.15) is 265 Å². The normalized spacial score (nSPS) is 13.7. The Morgan fingerprint density at radius 3 is 1.25 bits per heavy atom. The first kappa shape index (κ1) is 62.3. The summed E-state index contributed by atoms with van der Waals surface area (Å²) in [6.45, 7) is 6.43. The van der Waals surface area contributed by atoms with Crippen molar-refractivity contribution in [2.24, 2.45) is 0 Å². The predicted molar refractivity (Wildman–Crippen MR) is 282 cm³/mol. The summed E-state index contributed by atoms with van der Waals surface area (Å²) in [5, 5.41) is 23.8. The second kappa shape index (κ2) is 52.3. The molecule has 0 bridgehead atoms. The predicted octanol–water partition coefficient (Wildman–Crippen LogP) is 17.0. The molecule has 65 heavy (non-hydrogen) atoms. The molecule has 3 atom stereocenters. The average Bonchev–Trinajstić information content (AvgIpc) is 3.30. The van der Waals surface area contributed by atoms with Crippen LogP contribution in [0.4, 0.5) is 0 Å². The third-order valence-corrected chi connectivity index (χ3v) is 12.3. The number of aliphatic hydroxyl groups excluding tert-OH is 2. The fourth-order valence-electron chi connectivity index (χ4n) is 8.06. The van der Waals surface area contributed by atoms with E-state index in [-0.39, 0.29) is 31.3 Å². The van der Waals surface area contributed by atoms with Crippen LogP contribution in [0.3, 0.4) is 0 Å². The van der Waals surface area contributed by atoms with E-state index in [1.165, 1.54) is 148 Å². The number of ether oxygens (including phenoxy) is 1. The molecule has 0 rings (SSSR count). The average molecular weight is 908 g/mol. The molecule has 3 N–H and O–H groups in total. The van der Waals surface area contributed by atoms with Crippen molar-refractivity contribution in [3.8, 4) is 0 Å². The number of allylic oxidation sites excluding steroid dienone is 12. The Hall–Kier alpha value is -2.70. The first-order valence-electron chi connectivity index (χ1n) is 27.7. The fourth-order valence-corrected chi connectivity index (χ4v) is 8.06. The summed E-state index contributed by atoms with van der Waals surface area (Å²) in [5.41, 5.74) is 0. The molecule has 0 radical (unpaired) electrons. The van der Waals surface area contributed by atoms with Crippen LogP contribution in [0.2, 0.25) is 0 Å². The van der Waals surface area contributed by atoms with Gasteiger partial charge in [0.2, 0.25) is 5.91 Å². The van der Waals surface area contributed by atoms with Crippen LogP contribution in [-0.2, 0) is 14.3 Å². The molecule has 0 aliphatic rings. The van der Waals surface area contributed by atoms with Crippen molar-refractivity contribution in [3.05, 3.63) is 72.9 Å². The number of unbranched alkanes of at least 4 members (excludes halogenated alkanes) is 25. The zero-order chi connectivity index (χ0) is 47.4. The lowest BCUT2D eigenvalue weighted by molar-refractivity contribution is -0.150. The minimum Gasteiger partial charge on any atom is -0.462 e. The molecule has 3 unspecified atom stereocenters. The lowest BCUT2D eigenvalue weighted by Gasteiger charge is -2.24. The van der Waals surface area contributed by atoms with E-state index >= 15 is 0 Å². The Morgan fingerprint density at radius 2 is 0.800 bits per heavy atom. The van der Waals surface area contributed by atoms with Crippen LogP contribution >= 0.6 is 0 Å². The molecule has 0 aromatic carbocycles. The van der Waals surface area contributed by atoms with E-state index in [1.54, 1.807) is 0 Å². The Labute approximate surface area is 402 Å². The van der Waals surface area contributed by atoms with Gasteiger partial charge in [0.15, 0.2) is 0 Å². The van der Waals surface area contributed by atoms with E-state index in [0.29, 0.717) is 19.3 Å². The molecule has 0 aromatic rings. The third kappa shape index (κ3) is 47.6. The SMILES string of the molecule is CCCCC/C=C\C/C=C\C/C=C\C/C=C\CCCC(CC(=O)NC(CO)C(O)CCCCCCCCCCCCCCCCCC)OC(=O)CC/C=C/C/C=C\CCCCCCCC. The van der Waals surface area contributed by atoms with Crippen LogP contribution < -0.4 is 5.32 Å². The van der Waals surface area contributed by atoms with Gasteiger partial charge in [0.05, 0.1) is 25.2 Å². The molecule has 6 nitrogen and oxygen atoms in total. The summed E-state index contributed by atoms with van der Waals surface area (Å²) >= 11 is 0. The molecule has 0 aliphatic heterocycles. The van der Waals surface area contributed by atoms with Crippen molar-refractivity contribution in [2.45, 2.75) is 283 Å². The number of hydrogen-bond acceptors (Lipinski definition) is 5. The Morgan fingerprint density at radius 1 is 0.446 bits per heavy atom. The van der Waals surface area contributed by atoms with Crippen LogP contribution in [0.15, 0.2) is 72.9 Å². The highest BCUT2D eigenvalue weighted by atomic mass is 16.5. The van der Waals surface area contributed by atoms with Crippen molar-refractivity contribution in [3.63, 3.8) is 0 Å². The minimum atomic E-state index is -0.814. The first-order valence-corrected chi connectivity index (χ1v) is 27.7. The monoisotopic (exact) mass is 908 g/mol. The molecule has 0 fully saturated rings. The van der Waals surface area contributed by atoms with Gasteiger partial charge in [0.25, 0.3) is 0 Å². The molecule has 6 heteroatoms. The van der Waals surface area contributed by atoms with Gasteiger partial charge in [-0.1, -0.05) is 241 Å².